The molecule has 0 saturated heterocycles. The van der Waals surface area contributed by atoms with Crippen LogP contribution < -0.4 is 9.46 Å². The maximum atomic E-state index is 12.7. The highest BCUT2D eigenvalue weighted by molar-refractivity contribution is 7.89. The molecule has 0 aliphatic carbocycles. The minimum atomic E-state index is -3.70. The van der Waals surface area contributed by atoms with Crippen LogP contribution in [0.2, 0.25) is 0 Å². The molecule has 0 saturated carbocycles. The van der Waals surface area contributed by atoms with E-state index in [-0.39, 0.29) is 4.90 Å². The third-order valence-corrected chi connectivity index (χ3v) is 5.19. The number of hydrogen-bond acceptors (Lipinski definition) is 5. The number of ether oxygens (including phenoxy) is 1. The molecule has 0 bridgehead atoms. The molecular formula is C17H18N4O3S. The van der Waals surface area contributed by atoms with Gasteiger partial charge in [-0.05, 0) is 29.8 Å². The smallest absolute Gasteiger partial charge is 0.241 e. The van der Waals surface area contributed by atoms with E-state index in [9.17, 15) is 8.42 Å². The van der Waals surface area contributed by atoms with Gasteiger partial charge in [0.15, 0.2) is 0 Å². The molecule has 0 amide bonds. The quantitative estimate of drug-likeness (QED) is 0.698. The van der Waals surface area contributed by atoms with Crippen LogP contribution in [0.25, 0.3) is 0 Å². The molecule has 1 heterocycles. The van der Waals surface area contributed by atoms with Crippen LogP contribution in [-0.4, -0.2) is 30.3 Å². The Balaban J connectivity index is 1.87. The average Bonchev–Trinajstić information content (AvgIpc) is 3.15. The fourth-order valence-corrected chi connectivity index (χ4v) is 3.64. The Morgan fingerprint density at radius 2 is 1.84 bits per heavy atom. The molecule has 1 unspecified atom stereocenters. The highest BCUT2D eigenvalue weighted by Gasteiger charge is 2.22. The zero-order valence-electron chi connectivity index (χ0n) is 13.6. The third kappa shape index (κ3) is 4.23. The second-order valence-electron chi connectivity index (χ2n) is 5.38. The Hall–Kier alpha value is -2.71. The fraction of sp³-hybridized carbons (Fsp3) is 0.176. The molecule has 3 aromatic rings. The molecule has 0 radical (unpaired) electrons. The number of nitrogens with zero attached hydrogens (tertiary/aromatic N) is 3. The lowest BCUT2D eigenvalue weighted by Crippen LogP contribution is -2.31. The fourth-order valence-electron chi connectivity index (χ4n) is 2.42. The van der Waals surface area contributed by atoms with E-state index < -0.39 is 16.1 Å². The second-order valence-corrected chi connectivity index (χ2v) is 7.09. The Morgan fingerprint density at radius 1 is 1.12 bits per heavy atom. The van der Waals surface area contributed by atoms with Crippen molar-refractivity contribution in [2.24, 2.45) is 0 Å². The zero-order chi connectivity index (χ0) is 17.7. The van der Waals surface area contributed by atoms with Gasteiger partial charge in [0, 0.05) is 0 Å². The summed E-state index contributed by atoms with van der Waals surface area (Å²) in [6.45, 7) is 0.333. The van der Waals surface area contributed by atoms with Crippen molar-refractivity contribution in [3.05, 3.63) is 72.8 Å². The van der Waals surface area contributed by atoms with E-state index in [1.54, 1.807) is 23.1 Å². The van der Waals surface area contributed by atoms with Crippen LogP contribution in [0.5, 0.6) is 5.75 Å². The second kappa shape index (κ2) is 7.45. The predicted molar refractivity (Wildman–Crippen MR) is 92.5 cm³/mol. The molecule has 3 rings (SSSR count). The van der Waals surface area contributed by atoms with Crippen LogP contribution in [0.3, 0.4) is 0 Å². The van der Waals surface area contributed by atoms with Crippen molar-refractivity contribution in [3.63, 3.8) is 0 Å². The van der Waals surface area contributed by atoms with Gasteiger partial charge < -0.3 is 4.74 Å². The largest absolute Gasteiger partial charge is 0.497 e. The van der Waals surface area contributed by atoms with Crippen molar-refractivity contribution in [1.29, 1.82) is 0 Å². The van der Waals surface area contributed by atoms with Crippen molar-refractivity contribution in [2.45, 2.75) is 17.5 Å². The molecule has 0 aliphatic rings. The molecule has 8 heteroatoms. The third-order valence-electron chi connectivity index (χ3n) is 3.71. The van der Waals surface area contributed by atoms with Crippen molar-refractivity contribution in [3.8, 4) is 5.75 Å². The minimum Gasteiger partial charge on any atom is -0.497 e. The Morgan fingerprint density at radius 3 is 2.44 bits per heavy atom. The van der Waals surface area contributed by atoms with Gasteiger partial charge in [0.1, 0.15) is 18.4 Å². The van der Waals surface area contributed by atoms with Crippen molar-refractivity contribution in [2.75, 3.05) is 7.11 Å². The summed E-state index contributed by atoms with van der Waals surface area (Å²) in [5.41, 5.74) is 0.843. The first-order chi connectivity index (χ1) is 12.1. The molecule has 7 nitrogen and oxygen atoms in total. The Kier molecular flexibility index (Phi) is 5.11. The summed E-state index contributed by atoms with van der Waals surface area (Å²) < 4.78 is 34.9. The predicted octanol–water partition coefficient (Wildman–Crippen LogP) is 2.01. The molecule has 0 spiro atoms. The van der Waals surface area contributed by atoms with Gasteiger partial charge in [0.05, 0.1) is 24.6 Å². The Bertz CT molecular complexity index is 895. The molecule has 0 fully saturated rings. The topological polar surface area (TPSA) is 86.1 Å². The lowest BCUT2D eigenvalue weighted by atomic mass is 10.1. The first kappa shape index (κ1) is 17.1. The van der Waals surface area contributed by atoms with Gasteiger partial charge in [-0.1, -0.05) is 30.3 Å². The SMILES string of the molecule is COc1ccc(S(=O)(=O)NC(Cn2cncn2)c2ccccc2)cc1. The molecule has 2 aromatic carbocycles. The summed E-state index contributed by atoms with van der Waals surface area (Å²) in [5, 5.41) is 4.06. The van der Waals surface area contributed by atoms with E-state index in [0.717, 1.165) is 5.56 Å². The van der Waals surface area contributed by atoms with Gasteiger partial charge in [-0.3, -0.25) is 4.68 Å². The van der Waals surface area contributed by atoms with Gasteiger partial charge in [0.2, 0.25) is 10.0 Å². The molecular weight excluding hydrogens is 340 g/mol. The number of nitrogens with one attached hydrogen (secondary N) is 1. The zero-order valence-corrected chi connectivity index (χ0v) is 14.4. The summed E-state index contributed by atoms with van der Waals surface area (Å²) in [6, 6.07) is 15.1. The van der Waals surface area contributed by atoms with Crippen LogP contribution in [0.4, 0.5) is 0 Å². The molecule has 1 aromatic heterocycles. The number of aromatic nitrogens is 3. The number of sulfonamides is 1. The molecule has 25 heavy (non-hydrogen) atoms. The average molecular weight is 358 g/mol. The highest BCUT2D eigenvalue weighted by atomic mass is 32.2. The van der Waals surface area contributed by atoms with Crippen LogP contribution in [0.15, 0.2) is 72.1 Å². The van der Waals surface area contributed by atoms with Gasteiger partial charge in [0.25, 0.3) is 0 Å². The number of rotatable bonds is 7. The highest BCUT2D eigenvalue weighted by Crippen LogP contribution is 2.20. The lowest BCUT2D eigenvalue weighted by molar-refractivity contribution is 0.414. The normalized spacial score (nSPS) is 12.7. The van der Waals surface area contributed by atoms with Crippen LogP contribution in [-0.2, 0) is 16.6 Å². The summed E-state index contributed by atoms with van der Waals surface area (Å²) in [6.07, 6.45) is 2.97. The van der Waals surface area contributed by atoms with Gasteiger partial charge in [-0.2, -0.15) is 5.10 Å². The molecule has 130 valence electrons. The van der Waals surface area contributed by atoms with Gasteiger partial charge in [-0.15, -0.1) is 0 Å². The van der Waals surface area contributed by atoms with Crippen molar-refractivity contribution in [1.82, 2.24) is 19.5 Å². The maximum absolute atomic E-state index is 12.7. The maximum Gasteiger partial charge on any atom is 0.241 e. The van der Waals surface area contributed by atoms with Crippen molar-refractivity contribution < 1.29 is 13.2 Å². The van der Waals surface area contributed by atoms with Crippen LogP contribution in [0, 0.1) is 0 Å². The molecule has 0 aliphatic heterocycles. The van der Waals surface area contributed by atoms with E-state index >= 15 is 0 Å². The first-order valence-electron chi connectivity index (χ1n) is 7.62. The van der Waals surface area contributed by atoms with Crippen LogP contribution in [0.1, 0.15) is 11.6 Å². The van der Waals surface area contributed by atoms with Crippen LogP contribution >= 0.6 is 0 Å². The summed E-state index contributed by atoms with van der Waals surface area (Å²) in [4.78, 5) is 4.08. The van der Waals surface area contributed by atoms with Gasteiger partial charge in [-0.25, -0.2) is 18.1 Å². The van der Waals surface area contributed by atoms with E-state index in [1.165, 1.54) is 25.6 Å². The van der Waals surface area contributed by atoms with E-state index in [1.807, 2.05) is 30.3 Å². The summed E-state index contributed by atoms with van der Waals surface area (Å²) in [7, 11) is -2.17. The molecule has 1 atom stereocenters. The number of methoxy groups -OCH3 is 1. The van der Waals surface area contributed by atoms with E-state index in [4.69, 9.17) is 4.74 Å². The van der Waals surface area contributed by atoms with E-state index in [0.29, 0.717) is 12.3 Å². The Labute approximate surface area is 146 Å². The first-order valence-corrected chi connectivity index (χ1v) is 9.10. The number of benzene rings is 2. The summed E-state index contributed by atoms with van der Waals surface area (Å²) in [5.74, 6) is 0.598. The van der Waals surface area contributed by atoms with Gasteiger partial charge >= 0.3 is 0 Å². The lowest BCUT2D eigenvalue weighted by Gasteiger charge is -2.19. The summed E-state index contributed by atoms with van der Waals surface area (Å²) >= 11 is 0. The van der Waals surface area contributed by atoms with Crippen molar-refractivity contribution >= 4 is 10.0 Å². The standard InChI is InChI=1S/C17H18N4O3S/c1-24-15-7-9-16(10-8-15)25(22,23)20-17(11-21-13-18-12-19-21)14-5-3-2-4-6-14/h2-10,12-13,17,20H,11H2,1H3. The number of hydrogen-bond donors (Lipinski definition) is 1. The minimum absolute atomic E-state index is 0.174. The van der Waals surface area contributed by atoms with E-state index in [2.05, 4.69) is 14.8 Å². The molecule has 1 N–H and O–H groups in total. The monoisotopic (exact) mass is 358 g/mol.